The highest BCUT2D eigenvalue weighted by Gasteiger charge is 2.31. The van der Waals surface area contributed by atoms with E-state index in [0.717, 1.165) is 12.0 Å². The maximum absolute atomic E-state index is 13.7. The average Bonchev–Trinajstić information content (AvgIpc) is 3.02. The number of amides is 2. The normalized spacial score (nSPS) is 12.9. The minimum Gasteiger partial charge on any atom is -0.497 e. The topological polar surface area (TPSA) is 134 Å². The Hall–Kier alpha value is -3.93. The summed E-state index contributed by atoms with van der Waals surface area (Å²) in [6, 6.07) is 19.0. The van der Waals surface area contributed by atoms with Crippen molar-refractivity contribution in [2.75, 3.05) is 33.9 Å². The summed E-state index contributed by atoms with van der Waals surface area (Å²) in [5.74, 6) is -0.0660. The van der Waals surface area contributed by atoms with Crippen LogP contribution in [0.5, 0.6) is 11.5 Å². The second-order valence-electron chi connectivity index (χ2n) is 10.9. The predicted molar refractivity (Wildman–Crippen MR) is 170 cm³/mol. The van der Waals surface area contributed by atoms with Crippen LogP contribution in [0.2, 0.25) is 0 Å². The van der Waals surface area contributed by atoms with Gasteiger partial charge in [0.25, 0.3) is 11.8 Å². The van der Waals surface area contributed by atoms with Crippen LogP contribution in [0.3, 0.4) is 0 Å². The van der Waals surface area contributed by atoms with Gasteiger partial charge in [-0.05, 0) is 66.8 Å². The van der Waals surface area contributed by atoms with Gasteiger partial charge in [-0.2, -0.15) is 4.31 Å². The predicted octanol–water partition coefficient (Wildman–Crippen LogP) is 3.89. The number of hydrogen-bond acceptors (Lipinski definition) is 7. The molecule has 44 heavy (non-hydrogen) atoms. The van der Waals surface area contributed by atoms with Crippen molar-refractivity contribution < 1.29 is 32.6 Å². The quantitative estimate of drug-likeness (QED) is 0.220. The van der Waals surface area contributed by atoms with Gasteiger partial charge in [-0.25, -0.2) is 8.42 Å². The first-order valence-corrected chi connectivity index (χ1v) is 16.1. The van der Waals surface area contributed by atoms with E-state index in [1.807, 2.05) is 51.1 Å². The Balaban J connectivity index is 1.93. The first kappa shape index (κ1) is 34.6. The lowest BCUT2D eigenvalue weighted by molar-refractivity contribution is 0.0775. The second-order valence-corrected chi connectivity index (χ2v) is 12.9. The van der Waals surface area contributed by atoms with Gasteiger partial charge >= 0.3 is 0 Å². The molecule has 3 N–H and O–H groups in total. The van der Waals surface area contributed by atoms with E-state index in [1.54, 1.807) is 18.2 Å². The number of methoxy groups -OCH3 is 2. The number of sulfonamides is 1. The highest BCUT2D eigenvalue weighted by molar-refractivity contribution is 7.89. The van der Waals surface area contributed by atoms with E-state index >= 15 is 0 Å². The molecule has 0 aliphatic heterocycles. The highest BCUT2D eigenvalue weighted by Crippen LogP contribution is 2.22. The number of aliphatic hydroxyl groups excluding tert-OH is 1. The van der Waals surface area contributed by atoms with Gasteiger partial charge in [-0.15, -0.1) is 0 Å². The van der Waals surface area contributed by atoms with Crippen molar-refractivity contribution in [3.05, 3.63) is 89.5 Å². The molecule has 10 nitrogen and oxygen atoms in total. The molecule has 3 aromatic rings. The van der Waals surface area contributed by atoms with Crippen LogP contribution >= 0.6 is 0 Å². The molecule has 0 bridgehead atoms. The standard InChI is InChI=1S/C33H43N3O7S/c1-6-16-34-32(38)25-18-26(20-28(19-25)43-5)33(39)35-30(17-24-10-8-7-9-11-24)31(37)22-36(21-23(2)3)44(40,41)29-14-12-27(42-4)13-15-29/h7-15,18-20,23,30-31,37H,6,16-17,21-22H2,1-5H3,(H,34,38)(H,35,39)/t30-,31+/m0/s1. The summed E-state index contributed by atoms with van der Waals surface area (Å²) >= 11 is 0. The lowest BCUT2D eigenvalue weighted by atomic mass is 10.00. The maximum Gasteiger partial charge on any atom is 0.251 e. The fraction of sp³-hybridized carbons (Fsp3) is 0.394. The largest absolute Gasteiger partial charge is 0.497 e. The number of ether oxygens (including phenoxy) is 2. The van der Waals surface area contributed by atoms with Gasteiger partial charge in [0.15, 0.2) is 0 Å². The SMILES string of the molecule is CCCNC(=O)c1cc(OC)cc(C(=O)N[C@@H](Cc2ccccc2)[C@H](O)CN(CC(C)C)S(=O)(=O)c2ccc(OC)cc2)c1. The molecule has 0 fully saturated rings. The lowest BCUT2D eigenvalue weighted by Crippen LogP contribution is -2.51. The number of carbonyl (C=O) groups is 2. The Morgan fingerprint density at radius 2 is 1.48 bits per heavy atom. The molecule has 11 heteroatoms. The summed E-state index contributed by atoms with van der Waals surface area (Å²) < 4.78 is 39.2. The summed E-state index contributed by atoms with van der Waals surface area (Å²) in [4.78, 5) is 26.3. The summed E-state index contributed by atoms with van der Waals surface area (Å²) in [7, 11) is -1.05. The number of hydrogen-bond donors (Lipinski definition) is 3. The molecule has 0 aromatic heterocycles. The molecule has 3 aromatic carbocycles. The number of carbonyl (C=O) groups excluding carboxylic acids is 2. The van der Waals surface area contributed by atoms with Gasteiger partial charge in [0.2, 0.25) is 10.0 Å². The monoisotopic (exact) mass is 625 g/mol. The van der Waals surface area contributed by atoms with Crippen molar-refractivity contribution in [3.63, 3.8) is 0 Å². The maximum atomic E-state index is 13.7. The smallest absolute Gasteiger partial charge is 0.251 e. The third kappa shape index (κ3) is 9.54. The Morgan fingerprint density at radius 3 is 2.05 bits per heavy atom. The first-order valence-electron chi connectivity index (χ1n) is 14.6. The minimum atomic E-state index is -3.99. The summed E-state index contributed by atoms with van der Waals surface area (Å²) in [5.41, 5.74) is 1.27. The van der Waals surface area contributed by atoms with Crippen molar-refractivity contribution >= 4 is 21.8 Å². The molecular formula is C33H43N3O7S. The number of benzene rings is 3. The Morgan fingerprint density at radius 1 is 0.864 bits per heavy atom. The van der Waals surface area contributed by atoms with E-state index in [1.165, 1.54) is 42.8 Å². The average molecular weight is 626 g/mol. The van der Waals surface area contributed by atoms with Crippen LogP contribution in [0.1, 0.15) is 53.5 Å². The van der Waals surface area contributed by atoms with Crippen LogP contribution in [0, 0.1) is 5.92 Å². The molecule has 238 valence electrons. The molecule has 0 radical (unpaired) electrons. The van der Waals surface area contributed by atoms with E-state index in [4.69, 9.17) is 9.47 Å². The molecule has 0 spiro atoms. The van der Waals surface area contributed by atoms with Gasteiger partial charge in [-0.1, -0.05) is 51.1 Å². The second kappa shape index (κ2) is 16.2. The molecule has 0 saturated carbocycles. The molecule has 2 amide bonds. The van der Waals surface area contributed by atoms with Gasteiger partial charge in [-0.3, -0.25) is 9.59 Å². The van der Waals surface area contributed by atoms with Gasteiger partial charge in [0, 0.05) is 30.8 Å². The minimum absolute atomic E-state index is 0.0357. The zero-order chi connectivity index (χ0) is 32.3. The first-order chi connectivity index (χ1) is 21.0. The van der Waals surface area contributed by atoms with Crippen LogP contribution in [0.15, 0.2) is 77.7 Å². The fourth-order valence-electron chi connectivity index (χ4n) is 4.63. The van der Waals surface area contributed by atoms with Crippen LogP contribution in [-0.2, 0) is 16.4 Å². The Kier molecular flexibility index (Phi) is 12.7. The molecule has 0 heterocycles. The fourth-order valence-corrected chi connectivity index (χ4v) is 6.25. The molecule has 2 atom stereocenters. The lowest BCUT2D eigenvalue weighted by Gasteiger charge is -2.31. The number of aliphatic hydroxyl groups is 1. The molecule has 0 aliphatic carbocycles. The summed E-state index contributed by atoms with van der Waals surface area (Å²) in [6.07, 6.45) is -0.284. The van der Waals surface area contributed by atoms with Gasteiger partial charge < -0.3 is 25.2 Å². The van der Waals surface area contributed by atoms with E-state index in [9.17, 15) is 23.1 Å². The van der Waals surface area contributed by atoms with Crippen molar-refractivity contribution in [1.29, 1.82) is 0 Å². The van der Waals surface area contributed by atoms with Gasteiger partial charge in [0.05, 0.1) is 31.3 Å². The van der Waals surface area contributed by atoms with E-state index in [0.29, 0.717) is 18.0 Å². The zero-order valence-electron chi connectivity index (χ0n) is 25.9. The van der Waals surface area contributed by atoms with Crippen molar-refractivity contribution in [2.24, 2.45) is 5.92 Å². The van der Waals surface area contributed by atoms with Crippen molar-refractivity contribution in [3.8, 4) is 11.5 Å². The summed E-state index contributed by atoms with van der Waals surface area (Å²) in [5, 5.41) is 17.2. The highest BCUT2D eigenvalue weighted by atomic mass is 32.2. The molecule has 0 unspecified atom stereocenters. The van der Waals surface area contributed by atoms with E-state index in [2.05, 4.69) is 10.6 Å². The molecular weight excluding hydrogens is 582 g/mol. The van der Waals surface area contributed by atoms with Crippen molar-refractivity contribution in [1.82, 2.24) is 14.9 Å². The van der Waals surface area contributed by atoms with E-state index < -0.39 is 28.1 Å². The molecule has 0 saturated heterocycles. The van der Waals surface area contributed by atoms with Crippen molar-refractivity contribution in [2.45, 2.75) is 50.7 Å². The number of nitrogens with zero attached hydrogens (tertiary/aromatic N) is 1. The Bertz CT molecular complexity index is 1480. The zero-order valence-corrected chi connectivity index (χ0v) is 26.8. The van der Waals surface area contributed by atoms with Crippen LogP contribution < -0.4 is 20.1 Å². The third-order valence-corrected chi connectivity index (χ3v) is 8.78. The van der Waals surface area contributed by atoms with Crippen LogP contribution in [-0.4, -0.2) is 75.6 Å². The third-order valence-electron chi connectivity index (χ3n) is 6.94. The summed E-state index contributed by atoms with van der Waals surface area (Å²) in [6.45, 7) is 6.10. The van der Waals surface area contributed by atoms with Crippen LogP contribution in [0.4, 0.5) is 0 Å². The van der Waals surface area contributed by atoms with Crippen LogP contribution in [0.25, 0.3) is 0 Å². The van der Waals surface area contributed by atoms with Gasteiger partial charge in [0.1, 0.15) is 11.5 Å². The molecule has 0 aliphatic rings. The molecule has 3 rings (SSSR count). The number of nitrogens with one attached hydrogen (secondary N) is 2. The number of rotatable bonds is 16. The Labute approximate surface area is 260 Å². The van der Waals surface area contributed by atoms with E-state index in [-0.39, 0.29) is 47.4 Å².